The lowest BCUT2D eigenvalue weighted by Gasteiger charge is -2.10. The molecule has 1 aromatic carbocycles. The molecule has 0 atom stereocenters. The Morgan fingerprint density at radius 1 is 1.27 bits per heavy atom. The van der Waals surface area contributed by atoms with Crippen LogP contribution in [0.1, 0.15) is 17.0 Å². The summed E-state index contributed by atoms with van der Waals surface area (Å²) in [4.78, 5) is 0.259. The van der Waals surface area contributed by atoms with E-state index in [1.165, 1.54) is 0 Å². The minimum atomic E-state index is -3.56. The zero-order valence-corrected chi connectivity index (χ0v) is 14.1. The van der Waals surface area contributed by atoms with Crippen LogP contribution < -0.4 is 9.46 Å². The van der Waals surface area contributed by atoms with E-state index in [0.717, 1.165) is 11.3 Å². The molecule has 1 N–H and O–H groups in total. The van der Waals surface area contributed by atoms with Crippen LogP contribution in [0.3, 0.4) is 0 Å². The predicted octanol–water partition coefficient (Wildman–Crippen LogP) is 1.57. The van der Waals surface area contributed by atoms with Gasteiger partial charge in [-0.05, 0) is 31.9 Å². The van der Waals surface area contributed by atoms with Gasteiger partial charge < -0.3 is 4.74 Å². The Hall–Kier alpha value is -1.86. The highest BCUT2D eigenvalue weighted by atomic mass is 32.2. The summed E-state index contributed by atoms with van der Waals surface area (Å²) >= 11 is 0. The molecule has 0 saturated heterocycles. The highest BCUT2D eigenvalue weighted by Crippen LogP contribution is 2.20. The number of nitrogens with zero attached hydrogens (tertiary/aromatic N) is 2. The van der Waals surface area contributed by atoms with E-state index in [2.05, 4.69) is 9.82 Å². The number of aromatic nitrogens is 2. The van der Waals surface area contributed by atoms with Gasteiger partial charge in [0.05, 0.1) is 18.5 Å². The molecule has 2 rings (SSSR count). The van der Waals surface area contributed by atoms with Crippen LogP contribution in [0.5, 0.6) is 5.75 Å². The SMILES string of the molecule is COc1ccccc1CCNS(=O)(=O)c1c(C)nn(C)c1C. The smallest absolute Gasteiger partial charge is 0.244 e. The first-order chi connectivity index (χ1) is 10.4. The van der Waals surface area contributed by atoms with Gasteiger partial charge >= 0.3 is 0 Å². The van der Waals surface area contributed by atoms with E-state index in [0.29, 0.717) is 24.4 Å². The van der Waals surface area contributed by atoms with Crippen molar-refractivity contribution in [2.45, 2.75) is 25.2 Å². The number of nitrogens with one attached hydrogen (secondary N) is 1. The quantitative estimate of drug-likeness (QED) is 0.876. The number of para-hydroxylation sites is 1. The number of hydrogen-bond acceptors (Lipinski definition) is 4. The monoisotopic (exact) mass is 323 g/mol. The molecular weight excluding hydrogens is 302 g/mol. The first kappa shape index (κ1) is 16.5. The first-order valence-electron chi connectivity index (χ1n) is 6.98. The topological polar surface area (TPSA) is 73.2 Å². The molecule has 0 radical (unpaired) electrons. The van der Waals surface area contributed by atoms with Crippen LogP contribution >= 0.6 is 0 Å². The Balaban J connectivity index is 2.11. The van der Waals surface area contributed by atoms with Crippen LogP contribution in [0, 0.1) is 13.8 Å². The van der Waals surface area contributed by atoms with Crippen molar-refractivity contribution in [3.63, 3.8) is 0 Å². The highest BCUT2D eigenvalue weighted by molar-refractivity contribution is 7.89. The van der Waals surface area contributed by atoms with E-state index < -0.39 is 10.0 Å². The van der Waals surface area contributed by atoms with E-state index in [4.69, 9.17) is 4.74 Å². The molecule has 22 heavy (non-hydrogen) atoms. The van der Waals surface area contributed by atoms with E-state index in [9.17, 15) is 8.42 Å². The molecule has 0 aliphatic rings. The van der Waals surface area contributed by atoms with Crippen LogP contribution in [0.15, 0.2) is 29.2 Å². The number of methoxy groups -OCH3 is 1. The number of benzene rings is 1. The summed E-state index contributed by atoms with van der Waals surface area (Å²) in [6, 6.07) is 7.57. The molecule has 0 amide bonds. The second-order valence-electron chi connectivity index (χ2n) is 5.08. The average molecular weight is 323 g/mol. The molecular formula is C15H21N3O3S. The van der Waals surface area contributed by atoms with Crippen molar-refractivity contribution in [1.29, 1.82) is 0 Å². The summed E-state index contributed by atoms with van der Waals surface area (Å²) in [5.74, 6) is 0.760. The molecule has 120 valence electrons. The third-order valence-corrected chi connectivity index (χ3v) is 5.30. The van der Waals surface area contributed by atoms with E-state index in [1.807, 2.05) is 24.3 Å². The molecule has 0 fully saturated rings. The van der Waals surface area contributed by atoms with Gasteiger partial charge in [0.25, 0.3) is 0 Å². The van der Waals surface area contributed by atoms with Gasteiger partial charge in [0.15, 0.2) is 0 Å². The lowest BCUT2D eigenvalue weighted by Crippen LogP contribution is -2.27. The normalized spacial score (nSPS) is 11.6. The van der Waals surface area contributed by atoms with Crippen LogP contribution in [-0.2, 0) is 23.5 Å². The third-order valence-electron chi connectivity index (χ3n) is 3.59. The molecule has 1 heterocycles. The molecule has 0 spiro atoms. The van der Waals surface area contributed by atoms with Gasteiger partial charge in [-0.25, -0.2) is 13.1 Å². The maximum absolute atomic E-state index is 12.4. The van der Waals surface area contributed by atoms with Gasteiger partial charge in [0.2, 0.25) is 10.0 Å². The first-order valence-corrected chi connectivity index (χ1v) is 8.47. The van der Waals surface area contributed by atoms with E-state index in [-0.39, 0.29) is 4.90 Å². The average Bonchev–Trinajstić information content (AvgIpc) is 2.73. The van der Waals surface area contributed by atoms with Gasteiger partial charge in [0, 0.05) is 13.6 Å². The third kappa shape index (κ3) is 3.31. The zero-order chi connectivity index (χ0) is 16.3. The Labute approximate surface area is 131 Å². The second-order valence-corrected chi connectivity index (χ2v) is 6.79. The summed E-state index contributed by atoms with van der Waals surface area (Å²) < 4.78 is 34.3. The molecule has 0 bridgehead atoms. The molecule has 7 heteroatoms. The van der Waals surface area contributed by atoms with Gasteiger partial charge in [-0.15, -0.1) is 0 Å². The van der Waals surface area contributed by atoms with Gasteiger partial charge in [-0.3, -0.25) is 4.68 Å². The largest absolute Gasteiger partial charge is 0.496 e. The van der Waals surface area contributed by atoms with Gasteiger partial charge in [-0.2, -0.15) is 5.10 Å². The summed E-state index contributed by atoms with van der Waals surface area (Å²) in [6.07, 6.45) is 0.557. The van der Waals surface area contributed by atoms with Crippen molar-refractivity contribution in [1.82, 2.24) is 14.5 Å². The maximum Gasteiger partial charge on any atom is 0.244 e. The Bertz CT molecular complexity index is 766. The van der Waals surface area contributed by atoms with Crippen LogP contribution in [0.2, 0.25) is 0 Å². The molecule has 6 nitrogen and oxygen atoms in total. The fraction of sp³-hybridized carbons (Fsp3) is 0.400. The number of sulfonamides is 1. The molecule has 2 aromatic rings. The Morgan fingerprint density at radius 2 is 1.95 bits per heavy atom. The van der Waals surface area contributed by atoms with Crippen molar-refractivity contribution >= 4 is 10.0 Å². The molecule has 0 saturated carbocycles. The summed E-state index contributed by atoms with van der Waals surface area (Å²) in [6.45, 7) is 3.74. The number of aryl methyl sites for hydroxylation is 2. The number of ether oxygens (including phenoxy) is 1. The van der Waals surface area contributed by atoms with Crippen LogP contribution in [0.25, 0.3) is 0 Å². The lowest BCUT2D eigenvalue weighted by molar-refractivity contribution is 0.409. The molecule has 0 aliphatic heterocycles. The van der Waals surface area contributed by atoms with Crippen LogP contribution in [-0.4, -0.2) is 31.9 Å². The van der Waals surface area contributed by atoms with Crippen molar-refractivity contribution in [2.75, 3.05) is 13.7 Å². The van der Waals surface area contributed by atoms with Gasteiger partial charge in [0.1, 0.15) is 10.6 Å². The Kier molecular flexibility index (Phi) is 4.87. The van der Waals surface area contributed by atoms with E-state index in [1.54, 1.807) is 32.7 Å². The summed E-state index contributed by atoms with van der Waals surface area (Å²) in [7, 11) is -0.230. The Morgan fingerprint density at radius 3 is 2.55 bits per heavy atom. The summed E-state index contributed by atoms with van der Waals surface area (Å²) in [5.41, 5.74) is 2.10. The van der Waals surface area contributed by atoms with Crippen molar-refractivity contribution in [2.24, 2.45) is 7.05 Å². The second kappa shape index (κ2) is 6.50. The van der Waals surface area contributed by atoms with Crippen molar-refractivity contribution < 1.29 is 13.2 Å². The van der Waals surface area contributed by atoms with Crippen molar-refractivity contribution in [3.05, 3.63) is 41.2 Å². The zero-order valence-electron chi connectivity index (χ0n) is 13.3. The summed E-state index contributed by atoms with van der Waals surface area (Å²) in [5, 5.41) is 4.15. The number of rotatable bonds is 6. The fourth-order valence-corrected chi connectivity index (χ4v) is 3.91. The predicted molar refractivity (Wildman–Crippen MR) is 84.6 cm³/mol. The van der Waals surface area contributed by atoms with Crippen LogP contribution in [0.4, 0.5) is 0 Å². The lowest BCUT2D eigenvalue weighted by atomic mass is 10.1. The van der Waals surface area contributed by atoms with Crippen molar-refractivity contribution in [3.8, 4) is 5.75 Å². The van der Waals surface area contributed by atoms with E-state index >= 15 is 0 Å². The maximum atomic E-state index is 12.4. The number of hydrogen-bond donors (Lipinski definition) is 1. The minimum absolute atomic E-state index is 0.259. The molecule has 0 aliphatic carbocycles. The molecule has 1 aromatic heterocycles. The highest BCUT2D eigenvalue weighted by Gasteiger charge is 2.23. The standard InChI is InChI=1S/C15H21N3O3S/c1-11-15(12(2)18(3)17-11)22(19,20)16-10-9-13-7-5-6-8-14(13)21-4/h5-8,16H,9-10H2,1-4H3. The fourth-order valence-electron chi connectivity index (χ4n) is 2.44. The van der Waals surface area contributed by atoms with Gasteiger partial charge in [-0.1, -0.05) is 18.2 Å². The minimum Gasteiger partial charge on any atom is -0.496 e. The molecule has 0 unspecified atom stereocenters.